The van der Waals surface area contributed by atoms with Crippen LogP contribution in [0.25, 0.3) is 0 Å². The lowest BCUT2D eigenvalue weighted by Gasteiger charge is -2.46. The van der Waals surface area contributed by atoms with Gasteiger partial charge >= 0.3 is 0 Å². The zero-order chi connectivity index (χ0) is 18.0. The largest absolute Gasteiger partial charge is 0.390 e. The average Bonchev–Trinajstić information content (AvgIpc) is 2.59. The van der Waals surface area contributed by atoms with Gasteiger partial charge in [-0.3, -0.25) is 0 Å². The van der Waals surface area contributed by atoms with Gasteiger partial charge in [-0.25, -0.2) is 0 Å². The van der Waals surface area contributed by atoms with Crippen LogP contribution in [0.5, 0.6) is 0 Å². The molecule has 4 N–H and O–H groups in total. The third-order valence-corrected chi connectivity index (χ3v) is 5.03. The summed E-state index contributed by atoms with van der Waals surface area (Å²) in [6.07, 6.45) is -7.40. The van der Waals surface area contributed by atoms with Crippen LogP contribution in [0.1, 0.15) is 33.6 Å². The first-order valence-corrected chi connectivity index (χ1v) is 8.57. The van der Waals surface area contributed by atoms with Crippen LogP contribution >= 0.6 is 0 Å². The Kier molecular flexibility index (Phi) is 6.98. The third-order valence-electron chi connectivity index (χ3n) is 5.03. The topological polar surface area (TPSA) is 118 Å². The number of methoxy groups -OCH3 is 1. The maximum absolute atomic E-state index is 10.4. The molecule has 24 heavy (non-hydrogen) atoms. The molecule has 2 aliphatic rings. The van der Waals surface area contributed by atoms with Crippen molar-refractivity contribution >= 4 is 0 Å². The van der Waals surface area contributed by atoms with Crippen molar-refractivity contribution in [3.8, 4) is 0 Å². The van der Waals surface area contributed by atoms with Crippen LogP contribution < -0.4 is 0 Å². The molecule has 0 aromatic heterocycles. The average molecular weight is 350 g/mol. The molecule has 2 rings (SSSR count). The summed E-state index contributed by atoms with van der Waals surface area (Å²) >= 11 is 0. The molecule has 0 aliphatic carbocycles. The summed E-state index contributed by atoms with van der Waals surface area (Å²) in [4.78, 5) is 0. The summed E-state index contributed by atoms with van der Waals surface area (Å²) in [5.41, 5.74) is 0. The number of ether oxygens (including phenoxy) is 4. The van der Waals surface area contributed by atoms with E-state index in [0.29, 0.717) is 12.8 Å². The monoisotopic (exact) mass is 350 g/mol. The molecule has 0 saturated carbocycles. The van der Waals surface area contributed by atoms with E-state index in [1.54, 1.807) is 6.92 Å². The maximum Gasteiger partial charge on any atom is 0.186 e. The number of aliphatic hydroxyl groups excluding tert-OH is 4. The molecule has 0 radical (unpaired) electrons. The van der Waals surface area contributed by atoms with Gasteiger partial charge in [-0.2, -0.15) is 0 Å². The standard InChI is InChI=1S/C16H30O8/c1-5-8-7(3)10(17)12(19)16(22-8)24-14-9(6-2)23-15(21-4)13(20)11(14)18/h7-20H,5-6H2,1-4H3/t7?,8-,9-,10+,11-,12?,13?,14?,15?,16?/m1/s1. The highest BCUT2D eigenvalue weighted by atomic mass is 16.7. The fourth-order valence-electron chi connectivity index (χ4n) is 3.40. The molecule has 8 nitrogen and oxygen atoms in total. The summed E-state index contributed by atoms with van der Waals surface area (Å²) in [5, 5.41) is 40.9. The first-order chi connectivity index (χ1) is 11.3. The van der Waals surface area contributed by atoms with Crippen molar-refractivity contribution in [3.63, 3.8) is 0 Å². The Morgan fingerprint density at radius 1 is 0.792 bits per heavy atom. The van der Waals surface area contributed by atoms with E-state index >= 15 is 0 Å². The number of hydrogen-bond acceptors (Lipinski definition) is 8. The summed E-state index contributed by atoms with van der Waals surface area (Å²) in [6.45, 7) is 5.57. The van der Waals surface area contributed by atoms with Crippen molar-refractivity contribution in [1.29, 1.82) is 0 Å². The zero-order valence-electron chi connectivity index (χ0n) is 14.6. The van der Waals surface area contributed by atoms with E-state index in [1.165, 1.54) is 7.11 Å². The minimum Gasteiger partial charge on any atom is -0.390 e. The second kappa shape index (κ2) is 8.37. The molecule has 2 heterocycles. The van der Waals surface area contributed by atoms with Crippen molar-refractivity contribution in [2.75, 3.05) is 7.11 Å². The molecule has 0 aromatic carbocycles. The highest BCUT2D eigenvalue weighted by Crippen LogP contribution is 2.32. The van der Waals surface area contributed by atoms with Gasteiger partial charge in [0.1, 0.15) is 24.4 Å². The Morgan fingerprint density at radius 2 is 1.33 bits per heavy atom. The summed E-state index contributed by atoms with van der Waals surface area (Å²) < 4.78 is 22.1. The van der Waals surface area contributed by atoms with E-state index in [2.05, 4.69) is 0 Å². The van der Waals surface area contributed by atoms with Crippen LogP contribution in [0.3, 0.4) is 0 Å². The van der Waals surface area contributed by atoms with Gasteiger partial charge in [-0.05, 0) is 12.8 Å². The minimum atomic E-state index is -1.28. The van der Waals surface area contributed by atoms with Crippen LogP contribution in [0.15, 0.2) is 0 Å². The quantitative estimate of drug-likeness (QED) is 0.518. The first kappa shape index (κ1) is 20.0. The van der Waals surface area contributed by atoms with Crippen molar-refractivity contribution in [2.24, 2.45) is 5.92 Å². The molecule has 2 fully saturated rings. The Morgan fingerprint density at radius 3 is 1.88 bits per heavy atom. The van der Waals surface area contributed by atoms with E-state index in [1.807, 2.05) is 13.8 Å². The van der Waals surface area contributed by atoms with Crippen LogP contribution in [0, 0.1) is 5.92 Å². The van der Waals surface area contributed by atoms with Crippen molar-refractivity contribution in [1.82, 2.24) is 0 Å². The van der Waals surface area contributed by atoms with Crippen molar-refractivity contribution in [3.05, 3.63) is 0 Å². The van der Waals surface area contributed by atoms with Crippen LogP contribution in [-0.2, 0) is 18.9 Å². The lowest BCUT2D eigenvalue weighted by Crippen LogP contribution is -2.62. The molecule has 0 bridgehead atoms. The molecular weight excluding hydrogens is 320 g/mol. The Hall–Kier alpha value is -0.320. The minimum absolute atomic E-state index is 0.234. The fourth-order valence-corrected chi connectivity index (χ4v) is 3.40. The lowest BCUT2D eigenvalue weighted by atomic mass is 9.89. The summed E-state index contributed by atoms with van der Waals surface area (Å²) in [7, 11) is 1.38. The van der Waals surface area contributed by atoms with Gasteiger partial charge in [0.15, 0.2) is 12.6 Å². The first-order valence-electron chi connectivity index (χ1n) is 8.57. The van der Waals surface area contributed by atoms with Gasteiger partial charge in [0.25, 0.3) is 0 Å². The molecule has 6 unspecified atom stereocenters. The smallest absolute Gasteiger partial charge is 0.186 e. The Labute approximate surface area is 142 Å². The predicted octanol–water partition coefficient (Wildman–Crippen LogP) is -0.632. The second-order valence-corrected chi connectivity index (χ2v) is 6.56. The van der Waals surface area contributed by atoms with E-state index in [0.717, 1.165) is 0 Å². The molecule has 2 saturated heterocycles. The van der Waals surface area contributed by atoms with Gasteiger partial charge in [-0.1, -0.05) is 20.8 Å². The normalized spacial score (nSPS) is 50.0. The van der Waals surface area contributed by atoms with Gasteiger partial charge in [0.05, 0.1) is 18.3 Å². The third kappa shape index (κ3) is 3.76. The molecule has 10 atom stereocenters. The van der Waals surface area contributed by atoms with Crippen molar-refractivity contribution in [2.45, 2.75) is 88.9 Å². The van der Waals surface area contributed by atoms with E-state index in [9.17, 15) is 20.4 Å². The summed E-state index contributed by atoms with van der Waals surface area (Å²) in [5.74, 6) is -0.234. The van der Waals surface area contributed by atoms with Crippen molar-refractivity contribution < 1.29 is 39.4 Å². The second-order valence-electron chi connectivity index (χ2n) is 6.56. The Balaban J connectivity index is 2.12. The highest BCUT2D eigenvalue weighted by molar-refractivity contribution is 4.92. The zero-order valence-corrected chi connectivity index (χ0v) is 14.6. The van der Waals surface area contributed by atoms with E-state index in [4.69, 9.17) is 18.9 Å². The molecular formula is C16H30O8. The SMILES string of the molecule is CC[C@H]1OC(OC2[C@H](O)C(O)C(OC)O[C@@H]2CC)C(O)[C@@H](O)C1C. The molecule has 0 spiro atoms. The molecule has 8 heteroatoms. The predicted molar refractivity (Wildman–Crippen MR) is 83.0 cm³/mol. The van der Waals surface area contributed by atoms with Gasteiger partial charge in [-0.15, -0.1) is 0 Å². The molecule has 0 aromatic rings. The van der Waals surface area contributed by atoms with Crippen LogP contribution in [0.2, 0.25) is 0 Å². The van der Waals surface area contributed by atoms with Gasteiger partial charge in [0, 0.05) is 13.0 Å². The number of aliphatic hydroxyl groups is 4. The fraction of sp³-hybridized carbons (Fsp3) is 1.00. The van der Waals surface area contributed by atoms with Crippen LogP contribution in [-0.4, -0.2) is 82.8 Å². The molecule has 2 aliphatic heterocycles. The lowest BCUT2D eigenvalue weighted by molar-refractivity contribution is -0.349. The molecule has 0 amide bonds. The Bertz CT molecular complexity index is 390. The van der Waals surface area contributed by atoms with Gasteiger partial charge in [0.2, 0.25) is 0 Å². The van der Waals surface area contributed by atoms with Gasteiger partial charge < -0.3 is 39.4 Å². The summed E-state index contributed by atoms with van der Waals surface area (Å²) in [6, 6.07) is 0. The maximum atomic E-state index is 10.4. The highest BCUT2D eigenvalue weighted by Gasteiger charge is 2.49. The van der Waals surface area contributed by atoms with E-state index < -0.39 is 49.2 Å². The number of rotatable bonds is 5. The molecule has 142 valence electrons. The van der Waals surface area contributed by atoms with Crippen LogP contribution in [0.4, 0.5) is 0 Å². The number of hydrogen-bond donors (Lipinski definition) is 4. The van der Waals surface area contributed by atoms with E-state index in [-0.39, 0.29) is 12.0 Å².